The lowest BCUT2D eigenvalue weighted by Crippen LogP contribution is -2.66. The number of aryl methyl sites for hydroxylation is 1. The summed E-state index contributed by atoms with van der Waals surface area (Å²) in [6.07, 6.45) is 3.51. The Labute approximate surface area is 122 Å². The number of hydrogen-bond acceptors (Lipinski definition) is 2. The van der Waals surface area contributed by atoms with Crippen LogP contribution in [-0.4, -0.2) is 18.4 Å². The van der Waals surface area contributed by atoms with Crippen molar-refractivity contribution in [2.75, 3.05) is 11.4 Å². The van der Waals surface area contributed by atoms with E-state index < -0.39 is 5.41 Å². The zero-order valence-electron chi connectivity index (χ0n) is 13.3. The van der Waals surface area contributed by atoms with E-state index in [1.807, 2.05) is 0 Å². The minimum absolute atomic E-state index is 0.0355. The van der Waals surface area contributed by atoms with E-state index in [1.165, 1.54) is 29.5 Å². The Morgan fingerprint density at radius 3 is 2.50 bits per heavy atom. The van der Waals surface area contributed by atoms with E-state index in [4.69, 9.17) is 0 Å². The molecule has 0 bridgehead atoms. The SMILES string of the molecule is CC1(C=O)c2cccc3c2N(CCC3)C(C)(C)C1(C)C. The molecule has 0 N–H and O–H groups in total. The smallest absolute Gasteiger partial charge is 0.130 e. The Morgan fingerprint density at radius 1 is 1.15 bits per heavy atom. The number of hydrogen-bond donors (Lipinski definition) is 0. The van der Waals surface area contributed by atoms with E-state index in [-0.39, 0.29) is 11.0 Å². The van der Waals surface area contributed by atoms with Crippen LogP contribution in [0.15, 0.2) is 18.2 Å². The van der Waals surface area contributed by atoms with Gasteiger partial charge in [-0.3, -0.25) is 0 Å². The van der Waals surface area contributed by atoms with E-state index in [2.05, 4.69) is 57.7 Å². The summed E-state index contributed by atoms with van der Waals surface area (Å²) >= 11 is 0. The maximum Gasteiger partial charge on any atom is 0.130 e. The van der Waals surface area contributed by atoms with Gasteiger partial charge in [0.25, 0.3) is 0 Å². The third-order valence-electron chi connectivity index (χ3n) is 6.52. The van der Waals surface area contributed by atoms with Crippen LogP contribution in [0.4, 0.5) is 5.69 Å². The van der Waals surface area contributed by atoms with Gasteiger partial charge in [0.05, 0.1) is 5.41 Å². The molecule has 20 heavy (non-hydrogen) atoms. The van der Waals surface area contributed by atoms with Crippen LogP contribution >= 0.6 is 0 Å². The Bertz CT molecular complexity index is 573. The van der Waals surface area contributed by atoms with Gasteiger partial charge in [-0.2, -0.15) is 0 Å². The van der Waals surface area contributed by atoms with E-state index in [0.717, 1.165) is 13.0 Å². The normalized spacial score (nSPS) is 29.8. The molecule has 2 heteroatoms. The summed E-state index contributed by atoms with van der Waals surface area (Å²) < 4.78 is 0. The summed E-state index contributed by atoms with van der Waals surface area (Å²) in [5, 5.41) is 0. The van der Waals surface area contributed by atoms with E-state index >= 15 is 0 Å². The second kappa shape index (κ2) is 3.87. The van der Waals surface area contributed by atoms with Gasteiger partial charge in [0.15, 0.2) is 0 Å². The van der Waals surface area contributed by atoms with Gasteiger partial charge in [0, 0.05) is 23.2 Å². The van der Waals surface area contributed by atoms with Crippen molar-refractivity contribution in [3.8, 4) is 0 Å². The fraction of sp³-hybridized carbons (Fsp3) is 0.611. The minimum Gasteiger partial charge on any atom is -0.365 e. The highest BCUT2D eigenvalue weighted by Crippen LogP contribution is 2.58. The second-order valence-corrected chi connectivity index (χ2v) is 7.57. The van der Waals surface area contributed by atoms with E-state index in [9.17, 15) is 4.79 Å². The Morgan fingerprint density at radius 2 is 1.85 bits per heavy atom. The summed E-state index contributed by atoms with van der Waals surface area (Å²) in [6, 6.07) is 6.50. The predicted molar refractivity (Wildman–Crippen MR) is 83.4 cm³/mol. The third-order valence-corrected chi connectivity index (χ3v) is 6.52. The van der Waals surface area contributed by atoms with Crippen LogP contribution in [0, 0.1) is 5.41 Å². The number of anilines is 1. The molecule has 0 spiro atoms. The lowest BCUT2D eigenvalue weighted by molar-refractivity contribution is -0.118. The fourth-order valence-electron chi connectivity index (χ4n) is 4.15. The van der Waals surface area contributed by atoms with Crippen molar-refractivity contribution in [3.63, 3.8) is 0 Å². The molecule has 1 unspecified atom stereocenters. The van der Waals surface area contributed by atoms with Crippen molar-refractivity contribution in [2.45, 2.75) is 58.4 Å². The largest absolute Gasteiger partial charge is 0.365 e. The Balaban J connectivity index is 2.39. The molecule has 0 aromatic heterocycles. The van der Waals surface area contributed by atoms with Crippen molar-refractivity contribution in [1.29, 1.82) is 0 Å². The first-order valence-electron chi connectivity index (χ1n) is 7.64. The van der Waals surface area contributed by atoms with Crippen molar-refractivity contribution in [1.82, 2.24) is 0 Å². The monoisotopic (exact) mass is 271 g/mol. The molecular weight excluding hydrogens is 246 g/mol. The van der Waals surface area contributed by atoms with Gasteiger partial charge in [-0.15, -0.1) is 0 Å². The predicted octanol–water partition coefficient (Wildman–Crippen LogP) is 3.71. The molecule has 1 aromatic carbocycles. The van der Waals surface area contributed by atoms with Crippen LogP contribution < -0.4 is 4.90 Å². The first-order valence-corrected chi connectivity index (χ1v) is 7.64. The first kappa shape index (κ1) is 13.7. The van der Waals surface area contributed by atoms with Crippen LogP contribution in [0.3, 0.4) is 0 Å². The highest BCUT2D eigenvalue weighted by molar-refractivity contribution is 5.80. The number of benzene rings is 1. The zero-order chi connectivity index (χ0) is 14.8. The van der Waals surface area contributed by atoms with E-state index in [1.54, 1.807) is 0 Å². The van der Waals surface area contributed by atoms with Crippen molar-refractivity contribution in [2.24, 2.45) is 5.41 Å². The van der Waals surface area contributed by atoms with Gasteiger partial charge in [0.1, 0.15) is 6.29 Å². The van der Waals surface area contributed by atoms with Gasteiger partial charge in [-0.05, 0) is 44.7 Å². The zero-order valence-corrected chi connectivity index (χ0v) is 13.3. The van der Waals surface area contributed by atoms with Crippen LogP contribution in [0.5, 0.6) is 0 Å². The quantitative estimate of drug-likeness (QED) is 0.726. The Kier molecular flexibility index (Phi) is 2.64. The topological polar surface area (TPSA) is 20.3 Å². The molecule has 2 aliphatic heterocycles. The summed E-state index contributed by atoms with van der Waals surface area (Å²) in [7, 11) is 0. The maximum absolute atomic E-state index is 12.1. The van der Waals surface area contributed by atoms with Gasteiger partial charge < -0.3 is 9.69 Å². The second-order valence-electron chi connectivity index (χ2n) is 7.57. The molecular formula is C18H25NO. The molecule has 2 aliphatic rings. The standard InChI is InChI=1S/C18H25NO/c1-16(2)17(3,4)19-11-7-9-13-8-6-10-14(15(13)19)18(16,5)12-20/h6,8,10,12H,7,9,11H2,1-5H3. The first-order chi connectivity index (χ1) is 9.27. The number of aldehydes is 1. The third kappa shape index (κ3) is 1.32. The number of nitrogens with zero attached hydrogens (tertiary/aromatic N) is 1. The molecule has 0 saturated carbocycles. The molecule has 2 nitrogen and oxygen atoms in total. The summed E-state index contributed by atoms with van der Waals surface area (Å²) in [6.45, 7) is 12.3. The molecule has 1 aromatic rings. The molecule has 0 fully saturated rings. The summed E-state index contributed by atoms with van der Waals surface area (Å²) in [5.74, 6) is 0. The van der Waals surface area contributed by atoms with Gasteiger partial charge in [0.2, 0.25) is 0 Å². The van der Waals surface area contributed by atoms with Gasteiger partial charge in [-0.1, -0.05) is 32.0 Å². The summed E-state index contributed by atoms with van der Waals surface area (Å²) in [4.78, 5) is 14.6. The maximum atomic E-state index is 12.1. The average Bonchev–Trinajstić information content (AvgIpc) is 2.43. The van der Waals surface area contributed by atoms with Gasteiger partial charge in [-0.25, -0.2) is 0 Å². The van der Waals surface area contributed by atoms with Crippen LogP contribution in [0.25, 0.3) is 0 Å². The molecule has 0 saturated heterocycles. The molecule has 3 rings (SSSR count). The molecule has 0 radical (unpaired) electrons. The number of carbonyl (C=O) groups is 1. The van der Waals surface area contributed by atoms with E-state index in [0.29, 0.717) is 0 Å². The molecule has 1 atom stereocenters. The Hall–Kier alpha value is -1.31. The minimum atomic E-state index is -0.435. The van der Waals surface area contributed by atoms with Crippen LogP contribution in [-0.2, 0) is 16.6 Å². The fourth-order valence-corrected chi connectivity index (χ4v) is 4.15. The number of rotatable bonds is 1. The molecule has 0 amide bonds. The number of para-hydroxylation sites is 1. The van der Waals surface area contributed by atoms with Crippen molar-refractivity contribution < 1.29 is 4.79 Å². The van der Waals surface area contributed by atoms with Crippen LogP contribution in [0.1, 0.15) is 52.2 Å². The van der Waals surface area contributed by atoms with Crippen molar-refractivity contribution in [3.05, 3.63) is 29.3 Å². The summed E-state index contributed by atoms with van der Waals surface area (Å²) in [5.41, 5.74) is 3.36. The average molecular weight is 271 g/mol. The van der Waals surface area contributed by atoms with Gasteiger partial charge >= 0.3 is 0 Å². The highest BCUT2D eigenvalue weighted by atomic mass is 16.1. The lowest BCUT2D eigenvalue weighted by Gasteiger charge is -2.62. The molecule has 2 heterocycles. The van der Waals surface area contributed by atoms with Crippen molar-refractivity contribution >= 4 is 12.0 Å². The number of carbonyl (C=O) groups excluding carboxylic acids is 1. The highest BCUT2D eigenvalue weighted by Gasteiger charge is 2.59. The molecule has 108 valence electrons. The lowest BCUT2D eigenvalue weighted by atomic mass is 9.52. The molecule has 0 aliphatic carbocycles. The van der Waals surface area contributed by atoms with Crippen LogP contribution in [0.2, 0.25) is 0 Å².